The van der Waals surface area contributed by atoms with Gasteiger partial charge in [-0.1, -0.05) is 37.3 Å². The number of nitrogens with zero attached hydrogens (tertiary/aromatic N) is 1. The molecule has 0 aliphatic heterocycles. The largest absolute Gasteiger partial charge is 0.337 e. The molecule has 0 unspecified atom stereocenters. The van der Waals surface area contributed by atoms with Crippen LogP contribution in [0.5, 0.6) is 0 Å². The van der Waals surface area contributed by atoms with Crippen molar-refractivity contribution in [1.29, 1.82) is 0 Å². The Labute approximate surface area is 149 Å². The maximum Gasteiger partial charge on any atom is 0.253 e. The lowest BCUT2D eigenvalue weighted by atomic mass is 10.1. The van der Waals surface area contributed by atoms with Crippen molar-refractivity contribution in [2.24, 2.45) is 5.73 Å². The minimum absolute atomic E-state index is 0.0384. The first kappa shape index (κ1) is 19.1. The third kappa shape index (κ3) is 5.14. The summed E-state index contributed by atoms with van der Waals surface area (Å²) in [5.74, 6) is -0.0988. The first-order valence-electron chi connectivity index (χ1n) is 8.34. The summed E-state index contributed by atoms with van der Waals surface area (Å²) in [5, 5.41) is 0. The van der Waals surface area contributed by atoms with Crippen molar-refractivity contribution >= 4 is 15.7 Å². The molecular formula is C19H24N2O3S. The molecule has 134 valence electrons. The summed E-state index contributed by atoms with van der Waals surface area (Å²) in [4.78, 5) is 14.6. The normalized spacial score (nSPS) is 11.3. The summed E-state index contributed by atoms with van der Waals surface area (Å²) in [6, 6.07) is 16.1. The lowest BCUT2D eigenvalue weighted by Crippen LogP contribution is -2.37. The van der Waals surface area contributed by atoms with E-state index in [4.69, 9.17) is 5.73 Å². The molecule has 2 N–H and O–H groups in total. The zero-order chi connectivity index (χ0) is 18.3. The van der Waals surface area contributed by atoms with Crippen LogP contribution in [0.15, 0.2) is 59.5 Å². The van der Waals surface area contributed by atoms with Crippen LogP contribution in [0.4, 0.5) is 0 Å². The highest BCUT2D eigenvalue weighted by Crippen LogP contribution is 2.14. The van der Waals surface area contributed by atoms with E-state index in [-0.39, 0.29) is 16.6 Å². The Hall–Kier alpha value is -2.18. The molecule has 0 atom stereocenters. The van der Waals surface area contributed by atoms with Crippen LogP contribution < -0.4 is 5.73 Å². The van der Waals surface area contributed by atoms with Gasteiger partial charge in [0, 0.05) is 25.2 Å². The van der Waals surface area contributed by atoms with Gasteiger partial charge >= 0.3 is 0 Å². The smallest absolute Gasteiger partial charge is 0.253 e. The fourth-order valence-electron chi connectivity index (χ4n) is 2.53. The van der Waals surface area contributed by atoms with Gasteiger partial charge in [0.15, 0.2) is 9.84 Å². The van der Waals surface area contributed by atoms with Crippen molar-refractivity contribution in [2.75, 3.05) is 25.4 Å². The number of amides is 1. The zero-order valence-corrected chi connectivity index (χ0v) is 15.2. The van der Waals surface area contributed by atoms with Crippen molar-refractivity contribution in [3.8, 4) is 0 Å². The second-order valence-electron chi connectivity index (χ2n) is 5.74. The fraction of sp³-hybridized carbons (Fsp3) is 0.316. The quantitative estimate of drug-likeness (QED) is 0.782. The predicted octanol–water partition coefficient (Wildman–Crippen LogP) is 2.12. The van der Waals surface area contributed by atoms with Crippen molar-refractivity contribution in [1.82, 2.24) is 4.90 Å². The molecule has 2 aromatic carbocycles. The van der Waals surface area contributed by atoms with Crippen molar-refractivity contribution in [3.05, 3.63) is 65.7 Å². The molecule has 0 bridgehead atoms. The van der Waals surface area contributed by atoms with E-state index in [0.29, 0.717) is 25.2 Å². The number of sulfone groups is 1. The van der Waals surface area contributed by atoms with Gasteiger partial charge in [0.25, 0.3) is 5.91 Å². The van der Waals surface area contributed by atoms with Gasteiger partial charge in [-0.15, -0.1) is 0 Å². The van der Waals surface area contributed by atoms with Gasteiger partial charge in [-0.3, -0.25) is 4.79 Å². The van der Waals surface area contributed by atoms with Crippen LogP contribution in [0.1, 0.15) is 22.8 Å². The molecule has 0 saturated heterocycles. The molecule has 0 saturated carbocycles. The van der Waals surface area contributed by atoms with E-state index >= 15 is 0 Å². The highest BCUT2D eigenvalue weighted by atomic mass is 32.2. The predicted molar refractivity (Wildman–Crippen MR) is 99.3 cm³/mol. The average molecular weight is 360 g/mol. The molecule has 0 heterocycles. The standard InChI is InChI=1S/C19H24N2O3S/c1-2-25(23,24)18-10-8-17(9-11-18)19(22)21(15-13-20)14-12-16-6-4-3-5-7-16/h3-11H,2,12-15,20H2,1H3. The molecule has 1 amide bonds. The van der Waals surface area contributed by atoms with Crippen LogP contribution in [0.25, 0.3) is 0 Å². The molecule has 0 spiro atoms. The Bertz CT molecular complexity index is 787. The maximum atomic E-state index is 12.7. The highest BCUT2D eigenvalue weighted by Gasteiger charge is 2.17. The number of rotatable bonds is 8. The van der Waals surface area contributed by atoms with E-state index in [1.807, 2.05) is 30.3 Å². The molecule has 5 nitrogen and oxygen atoms in total. The van der Waals surface area contributed by atoms with E-state index < -0.39 is 9.84 Å². The van der Waals surface area contributed by atoms with Crippen molar-refractivity contribution in [2.45, 2.75) is 18.2 Å². The summed E-state index contributed by atoms with van der Waals surface area (Å²) < 4.78 is 23.7. The second-order valence-corrected chi connectivity index (χ2v) is 8.02. The molecular weight excluding hydrogens is 336 g/mol. The van der Waals surface area contributed by atoms with Gasteiger partial charge < -0.3 is 10.6 Å². The molecule has 25 heavy (non-hydrogen) atoms. The molecule has 2 rings (SSSR count). The Kier molecular flexibility index (Phi) is 6.73. The van der Waals surface area contributed by atoms with Gasteiger partial charge in [0.1, 0.15) is 0 Å². The van der Waals surface area contributed by atoms with E-state index in [9.17, 15) is 13.2 Å². The second kappa shape index (κ2) is 8.78. The number of hydrogen-bond acceptors (Lipinski definition) is 4. The Morgan fingerprint density at radius 2 is 1.64 bits per heavy atom. The zero-order valence-electron chi connectivity index (χ0n) is 14.4. The lowest BCUT2D eigenvalue weighted by Gasteiger charge is -2.22. The molecule has 0 aliphatic rings. The molecule has 0 aliphatic carbocycles. The Balaban J connectivity index is 2.11. The SMILES string of the molecule is CCS(=O)(=O)c1ccc(C(=O)N(CCN)CCc2ccccc2)cc1. The van der Waals surface area contributed by atoms with Gasteiger partial charge in [-0.05, 0) is 36.2 Å². The first-order chi connectivity index (χ1) is 12.0. The van der Waals surface area contributed by atoms with Crippen LogP contribution in [0, 0.1) is 0 Å². The van der Waals surface area contributed by atoms with Gasteiger partial charge in [0.05, 0.1) is 10.6 Å². The highest BCUT2D eigenvalue weighted by molar-refractivity contribution is 7.91. The lowest BCUT2D eigenvalue weighted by molar-refractivity contribution is 0.0762. The van der Waals surface area contributed by atoms with E-state index in [0.717, 1.165) is 12.0 Å². The summed E-state index contributed by atoms with van der Waals surface area (Å²) in [6.07, 6.45) is 0.745. The van der Waals surface area contributed by atoms with Crippen LogP contribution >= 0.6 is 0 Å². The first-order valence-corrected chi connectivity index (χ1v) is 9.99. The van der Waals surface area contributed by atoms with Crippen LogP contribution in [-0.4, -0.2) is 44.6 Å². The number of hydrogen-bond donors (Lipinski definition) is 1. The number of nitrogens with two attached hydrogens (primary N) is 1. The van der Waals surface area contributed by atoms with Crippen LogP contribution in [0.3, 0.4) is 0 Å². The van der Waals surface area contributed by atoms with Crippen LogP contribution in [0.2, 0.25) is 0 Å². The summed E-state index contributed by atoms with van der Waals surface area (Å²) in [6.45, 7) is 3.00. The number of carbonyl (C=O) groups is 1. The summed E-state index contributed by atoms with van der Waals surface area (Å²) in [7, 11) is -3.26. The van der Waals surface area contributed by atoms with E-state index in [1.165, 1.54) is 12.1 Å². The molecule has 0 radical (unpaired) electrons. The molecule has 0 fully saturated rings. The monoisotopic (exact) mass is 360 g/mol. The number of carbonyl (C=O) groups excluding carboxylic acids is 1. The molecule has 2 aromatic rings. The van der Waals surface area contributed by atoms with Crippen molar-refractivity contribution in [3.63, 3.8) is 0 Å². The summed E-state index contributed by atoms with van der Waals surface area (Å²) >= 11 is 0. The fourth-order valence-corrected chi connectivity index (χ4v) is 3.42. The van der Waals surface area contributed by atoms with Crippen LogP contribution in [-0.2, 0) is 16.3 Å². The maximum absolute atomic E-state index is 12.7. The van der Waals surface area contributed by atoms with Gasteiger partial charge in [0.2, 0.25) is 0 Å². The minimum Gasteiger partial charge on any atom is -0.337 e. The Morgan fingerprint density at radius 1 is 1.00 bits per heavy atom. The van der Waals surface area contributed by atoms with E-state index in [1.54, 1.807) is 24.0 Å². The van der Waals surface area contributed by atoms with E-state index in [2.05, 4.69) is 0 Å². The number of benzene rings is 2. The van der Waals surface area contributed by atoms with Gasteiger partial charge in [-0.25, -0.2) is 8.42 Å². The third-order valence-electron chi connectivity index (χ3n) is 4.04. The molecule has 0 aromatic heterocycles. The van der Waals surface area contributed by atoms with Gasteiger partial charge in [-0.2, -0.15) is 0 Å². The molecule has 6 heteroatoms. The summed E-state index contributed by atoms with van der Waals surface area (Å²) in [5.41, 5.74) is 7.26. The Morgan fingerprint density at radius 3 is 2.20 bits per heavy atom. The average Bonchev–Trinajstić information content (AvgIpc) is 2.65. The third-order valence-corrected chi connectivity index (χ3v) is 5.79. The topological polar surface area (TPSA) is 80.5 Å². The van der Waals surface area contributed by atoms with Crippen molar-refractivity contribution < 1.29 is 13.2 Å². The minimum atomic E-state index is -3.26.